The van der Waals surface area contributed by atoms with E-state index in [0.29, 0.717) is 0 Å². The van der Waals surface area contributed by atoms with Gasteiger partial charge in [-0.1, -0.05) is 131 Å². The van der Waals surface area contributed by atoms with Gasteiger partial charge >= 0.3 is 0 Å². The molecule has 0 fully saturated rings. The van der Waals surface area contributed by atoms with Crippen molar-refractivity contribution in [2.75, 3.05) is 0 Å². The van der Waals surface area contributed by atoms with E-state index in [1.807, 2.05) is 0 Å². The minimum atomic E-state index is -0.353. The molecule has 0 saturated heterocycles. The van der Waals surface area contributed by atoms with Crippen LogP contribution in [0.2, 0.25) is 0 Å². The molecule has 0 amide bonds. The zero-order chi connectivity index (χ0) is 25.3. The van der Waals surface area contributed by atoms with Crippen LogP contribution in [0.15, 0.2) is 144 Å². The molecule has 8 rings (SSSR count). The highest BCUT2D eigenvalue weighted by atomic mass is 79.9. The number of halogens is 1. The van der Waals surface area contributed by atoms with Crippen molar-refractivity contribution in [3.8, 4) is 44.5 Å². The van der Waals surface area contributed by atoms with Gasteiger partial charge < -0.3 is 0 Å². The summed E-state index contributed by atoms with van der Waals surface area (Å²) in [5.74, 6) is 0. The highest BCUT2D eigenvalue weighted by molar-refractivity contribution is 9.10. The lowest BCUT2D eigenvalue weighted by Crippen LogP contribution is -2.26. The lowest BCUT2D eigenvalue weighted by Gasteiger charge is -2.31. The fraction of sp³-hybridized carbons (Fsp3) is 0.0270. The molecule has 0 bridgehead atoms. The van der Waals surface area contributed by atoms with E-state index in [-0.39, 0.29) is 5.41 Å². The van der Waals surface area contributed by atoms with Gasteiger partial charge in [0.2, 0.25) is 0 Å². The van der Waals surface area contributed by atoms with Crippen LogP contribution in [0.25, 0.3) is 44.5 Å². The highest BCUT2D eigenvalue weighted by Crippen LogP contribution is 2.63. The molecule has 2 aliphatic carbocycles. The number of hydrogen-bond acceptors (Lipinski definition) is 0. The maximum absolute atomic E-state index is 3.60. The van der Waals surface area contributed by atoms with Gasteiger partial charge in [0.1, 0.15) is 0 Å². The Morgan fingerprint density at radius 1 is 0.342 bits per heavy atom. The zero-order valence-electron chi connectivity index (χ0n) is 20.7. The van der Waals surface area contributed by atoms with Crippen LogP contribution in [-0.2, 0) is 5.41 Å². The largest absolute Gasteiger partial charge is 0.0725 e. The average molecular weight is 547 g/mol. The van der Waals surface area contributed by atoms with Gasteiger partial charge in [0.15, 0.2) is 0 Å². The van der Waals surface area contributed by atoms with E-state index in [2.05, 4.69) is 155 Å². The molecular weight excluding hydrogens is 524 g/mol. The summed E-state index contributed by atoms with van der Waals surface area (Å²) in [5.41, 5.74) is 15.4. The first-order valence-corrected chi connectivity index (χ1v) is 13.8. The van der Waals surface area contributed by atoms with Crippen molar-refractivity contribution in [3.63, 3.8) is 0 Å². The summed E-state index contributed by atoms with van der Waals surface area (Å²) in [6, 6.07) is 51.5. The molecular formula is C37H23Br. The fourth-order valence-corrected chi connectivity index (χ4v) is 7.04. The summed E-state index contributed by atoms with van der Waals surface area (Å²) in [6.07, 6.45) is 0. The molecule has 0 saturated carbocycles. The van der Waals surface area contributed by atoms with E-state index >= 15 is 0 Å². The third-order valence-electron chi connectivity index (χ3n) is 8.37. The normalized spacial score (nSPS) is 13.6. The van der Waals surface area contributed by atoms with E-state index < -0.39 is 0 Å². The first-order valence-electron chi connectivity index (χ1n) is 13.1. The highest BCUT2D eigenvalue weighted by Gasteiger charge is 2.51. The Labute approximate surface area is 231 Å². The Morgan fingerprint density at radius 2 is 0.763 bits per heavy atom. The zero-order valence-corrected chi connectivity index (χ0v) is 22.2. The summed E-state index contributed by atoms with van der Waals surface area (Å²) in [5, 5.41) is 0. The second-order valence-electron chi connectivity index (χ2n) is 10.2. The molecule has 1 spiro atoms. The summed E-state index contributed by atoms with van der Waals surface area (Å²) in [6.45, 7) is 0. The van der Waals surface area contributed by atoms with E-state index in [1.54, 1.807) is 0 Å². The molecule has 38 heavy (non-hydrogen) atoms. The van der Waals surface area contributed by atoms with Crippen LogP contribution in [0.4, 0.5) is 0 Å². The van der Waals surface area contributed by atoms with Crippen LogP contribution in [-0.4, -0.2) is 0 Å². The average Bonchev–Trinajstić information content (AvgIpc) is 3.44. The Morgan fingerprint density at radius 3 is 1.32 bits per heavy atom. The lowest BCUT2D eigenvalue weighted by molar-refractivity contribution is 0.794. The standard InChI is InChI=1S/C37H23Br/c38-28-18-14-25(15-19-28)27-17-21-32-31-20-16-26(24-8-2-1-3-9-24)22-35(31)37(36(32)23-27)33-12-6-4-10-29(33)30-11-5-7-13-34(30)37/h1-23H. The Hall–Kier alpha value is -4.20. The van der Waals surface area contributed by atoms with Crippen molar-refractivity contribution >= 4 is 15.9 Å². The van der Waals surface area contributed by atoms with Gasteiger partial charge in [0.05, 0.1) is 5.41 Å². The molecule has 178 valence electrons. The molecule has 0 N–H and O–H groups in total. The van der Waals surface area contributed by atoms with Crippen LogP contribution in [0.1, 0.15) is 22.3 Å². The van der Waals surface area contributed by atoms with Crippen molar-refractivity contribution in [3.05, 3.63) is 166 Å². The molecule has 0 radical (unpaired) electrons. The van der Waals surface area contributed by atoms with Gasteiger partial charge in [-0.15, -0.1) is 0 Å². The summed E-state index contributed by atoms with van der Waals surface area (Å²) in [4.78, 5) is 0. The maximum Gasteiger partial charge on any atom is 0.0725 e. The Balaban J connectivity index is 1.48. The number of rotatable bonds is 2. The molecule has 0 heterocycles. The van der Waals surface area contributed by atoms with E-state index in [9.17, 15) is 0 Å². The van der Waals surface area contributed by atoms with Gasteiger partial charge in [-0.2, -0.15) is 0 Å². The minimum Gasteiger partial charge on any atom is -0.0622 e. The van der Waals surface area contributed by atoms with E-state index in [4.69, 9.17) is 0 Å². The molecule has 0 aromatic heterocycles. The van der Waals surface area contributed by atoms with E-state index in [1.165, 1.54) is 66.8 Å². The number of hydrogen-bond donors (Lipinski definition) is 0. The lowest BCUT2D eigenvalue weighted by atomic mass is 9.70. The van der Waals surface area contributed by atoms with Gasteiger partial charge in [-0.3, -0.25) is 0 Å². The molecule has 0 unspecified atom stereocenters. The Kier molecular flexibility index (Phi) is 4.68. The van der Waals surface area contributed by atoms with Gasteiger partial charge in [-0.25, -0.2) is 0 Å². The van der Waals surface area contributed by atoms with Gasteiger partial charge in [0.25, 0.3) is 0 Å². The smallest absolute Gasteiger partial charge is 0.0622 e. The summed E-state index contributed by atoms with van der Waals surface area (Å²) in [7, 11) is 0. The van der Waals surface area contributed by atoms with Crippen LogP contribution in [0.5, 0.6) is 0 Å². The SMILES string of the molecule is Brc1ccc(-c2ccc3c(c2)C2(c4ccccc4-c4ccccc42)c2cc(-c4ccccc4)ccc2-3)cc1. The van der Waals surface area contributed by atoms with Gasteiger partial charge in [0, 0.05) is 4.47 Å². The maximum atomic E-state index is 3.60. The van der Waals surface area contributed by atoms with Gasteiger partial charge in [-0.05, 0) is 91.0 Å². The first-order chi connectivity index (χ1) is 18.7. The second-order valence-corrected chi connectivity index (χ2v) is 11.2. The summed E-state index contributed by atoms with van der Waals surface area (Å²) >= 11 is 3.60. The third-order valence-corrected chi connectivity index (χ3v) is 8.90. The fourth-order valence-electron chi connectivity index (χ4n) is 6.77. The molecule has 6 aromatic carbocycles. The van der Waals surface area contributed by atoms with Crippen molar-refractivity contribution in [1.82, 2.24) is 0 Å². The number of benzene rings is 6. The first kappa shape index (κ1) is 21.8. The Bertz CT molecular complexity index is 1820. The van der Waals surface area contributed by atoms with Crippen molar-refractivity contribution in [2.45, 2.75) is 5.41 Å². The molecule has 0 aliphatic heterocycles. The predicted molar refractivity (Wildman–Crippen MR) is 161 cm³/mol. The van der Waals surface area contributed by atoms with Crippen LogP contribution in [0, 0.1) is 0 Å². The monoisotopic (exact) mass is 546 g/mol. The van der Waals surface area contributed by atoms with Crippen LogP contribution < -0.4 is 0 Å². The predicted octanol–water partition coefficient (Wildman–Crippen LogP) is 10.1. The van der Waals surface area contributed by atoms with Crippen molar-refractivity contribution in [1.29, 1.82) is 0 Å². The third kappa shape index (κ3) is 2.91. The van der Waals surface area contributed by atoms with Crippen molar-refractivity contribution < 1.29 is 0 Å². The molecule has 0 nitrogen and oxygen atoms in total. The van der Waals surface area contributed by atoms with Crippen LogP contribution in [0.3, 0.4) is 0 Å². The van der Waals surface area contributed by atoms with Crippen molar-refractivity contribution in [2.24, 2.45) is 0 Å². The second kappa shape index (κ2) is 8.15. The van der Waals surface area contributed by atoms with E-state index in [0.717, 1.165) is 4.47 Å². The molecule has 0 atom stereocenters. The molecule has 2 aliphatic rings. The molecule has 6 aromatic rings. The minimum absolute atomic E-state index is 0.353. The summed E-state index contributed by atoms with van der Waals surface area (Å²) < 4.78 is 1.10. The quantitative estimate of drug-likeness (QED) is 0.202. The topological polar surface area (TPSA) is 0 Å². The molecule has 1 heteroatoms. The van der Waals surface area contributed by atoms with Crippen LogP contribution >= 0.6 is 15.9 Å². The number of fused-ring (bicyclic) bond motifs is 10.